The fraction of sp³-hybridized carbons (Fsp3) is 0.391. The molecule has 1 heterocycles. The molecule has 1 saturated heterocycles. The number of piperidine rings is 1. The Morgan fingerprint density at radius 2 is 1.84 bits per heavy atom. The van der Waals surface area contributed by atoms with Gasteiger partial charge in [-0.2, -0.15) is 0 Å². The van der Waals surface area contributed by atoms with Crippen molar-refractivity contribution in [2.75, 3.05) is 23.3 Å². The van der Waals surface area contributed by atoms with Crippen molar-refractivity contribution in [3.63, 3.8) is 0 Å². The molecule has 1 aliphatic heterocycles. The van der Waals surface area contributed by atoms with Gasteiger partial charge >= 0.3 is 0 Å². The van der Waals surface area contributed by atoms with E-state index >= 15 is 0 Å². The van der Waals surface area contributed by atoms with E-state index in [1.807, 2.05) is 29.2 Å². The van der Waals surface area contributed by atoms with Gasteiger partial charge in [-0.3, -0.25) is 20.2 Å². The average molecular weight is 441 g/mol. The molecule has 0 saturated carbocycles. The van der Waals surface area contributed by atoms with Crippen LogP contribution in [0.5, 0.6) is 0 Å². The zero-order valence-corrected chi connectivity index (χ0v) is 18.7. The maximum absolute atomic E-state index is 12.6. The minimum Gasteiger partial charge on any atom is -0.366 e. The predicted octanol–water partition coefficient (Wildman–Crippen LogP) is 5.23. The molecule has 1 amide bonds. The van der Waals surface area contributed by atoms with E-state index in [0.717, 1.165) is 44.5 Å². The molecule has 0 radical (unpaired) electrons. The smallest absolute Gasteiger partial charge is 0.293 e. The van der Waals surface area contributed by atoms with E-state index in [1.165, 1.54) is 11.6 Å². The van der Waals surface area contributed by atoms with Crippen LogP contribution in [-0.2, 0) is 0 Å². The Bertz CT molecular complexity index is 956. The lowest BCUT2D eigenvalue weighted by atomic mass is 9.99. The van der Waals surface area contributed by atoms with E-state index in [2.05, 4.69) is 24.5 Å². The van der Waals surface area contributed by atoms with E-state index in [1.54, 1.807) is 12.1 Å². The maximum atomic E-state index is 12.6. The molecule has 164 valence electrons. The molecule has 0 spiro atoms. The van der Waals surface area contributed by atoms with Gasteiger partial charge in [-0.05, 0) is 73.6 Å². The van der Waals surface area contributed by atoms with Crippen LogP contribution >= 0.6 is 12.2 Å². The first-order chi connectivity index (χ1) is 14.9. The molecule has 0 aliphatic carbocycles. The van der Waals surface area contributed by atoms with E-state index in [-0.39, 0.29) is 16.4 Å². The quantitative estimate of drug-likeness (QED) is 0.364. The first-order valence-electron chi connectivity index (χ1n) is 10.6. The first kappa shape index (κ1) is 22.7. The molecule has 2 N–H and O–H groups in total. The van der Waals surface area contributed by atoms with Gasteiger partial charge in [0.1, 0.15) is 5.69 Å². The molecule has 1 aliphatic rings. The normalized spacial score (nSPS) is 14.6. The summed E-state index contributed by atoms with van der Waals surface area (Å²) in [4.78, 5) is 25.8. The number of anilines is 2. The van der Waals surface area contributed by atoms with Crippen molar-refractivity contribution in [3.8, 4) is 0 Å². The van der Waals surface area contributed by atoms with E-state index in [0.29, 0.717) is 11.6 Å². The summed E-state index contributed by atoms with van der Waals surface area (Å²) in [6.45, 7) is 5.89. The van der Waals surface area contributed by atoms with Crippen LogP contribution < -0.4 is 15.5 Å². The number of nitrogens with zero attached hydrogens (tertiary/aromatic N) is 2. The van der Waals surface area contributed by atoms with Gasteiger partial charge in [-0.1, -0.05) is 26.0 Å². The molecule has 2 aromatic rings. The van der Waals surface area contributed by atoms with Gasteiger partial charge in [0.05, 0.1) is 4.92 Å². The van der Waals surface area contributed by atoms with Crippen molar-refractivity contribution in [2.45, 2.75) is 45.4 Å². The highest BCUT2D eigenvalue weighted by atomic mass is 32.1. The topological polar surface area (TPSA) is 87.5 Å². The molecule has 1 fully saturated rings. The lowest BCUT2D eigenvalue weighted by Crippen LogP contribution is -2.34. The number of rotatable bonds is 6. The van der Waals surface area contributed by atoms with Crippen molar-refractivity contribution in [1.82, 2.24) is 5.32 Å². The van der Waals surface area contributed by atoms with Gasteiger partial charge < -0.3 is 10.2 Å². The van der Waals surface area contributed by atoms with Crippen molar-refractivity contribution in [3.05, 3.63) is 63.7 Å². The molecule has 1 atom stereocenters. The second-order valence-electron chi connectivity index (χ2n) is 7.85. The number of amides is 1. The Kier molecular flexibility index (Phi) is 7.57. The van der Waals surface area contributed by atoms with E-state index in [4.69, 9.17) is 12.2 Å². The number of nitro benzene ring substituents is 1. The van der Waals surface area contributed by atoms with Crippen LogP contribution in [-0.4, -0.2) is 29.0 Å². The number of hydrogen-bond donors (Lipinski definition) is 2. The molecule has 2 aromatic carbocycles. The van der Waals surface area contributed by atoms with Gasteiger partial charge in [-0.15, -0.1) is 0 Å². The van der Waals surface area contributed by atoms with E-state index in [9.17, 15) is 14.9 Å². The van der Waals surface area contributed by atoms with Gasteiger partial charge in [0.15, 0.2) is 5.11 Å². The summed E-state index contributed by atoms with van der Waals surface area (Å²) in [5.74, 6) is -0.00794. The summed E-state index contributed by atoms with van der Waals surface area (Å²) in [5.41, 5.74) is 2.70. The molecular weight excluding hydrogens is 412 g/mol. The zero-order valence-electron chi connectivity index (χ0n) is 17.9. The molecule has 31 heavy (non-hydrogen) atoms. The molecule has 1 unspecified atom stereocenters. The summed E-state index contributed by atoms with van der Waals surface area (Å²) < 4.78 is 0. The predicted molar refractivity (Wildman–Crippen MR) is 128 cm³/mol. The maximum Gasteiger partial charge on any atom is 0.293 e. The van der Waals surface area contributed by atoms with Crippen molar-refractivity contribution in [1.29, 1.82) is 0 Å². The molecular formula is C23H28N4O3S. The average Bonchev–Trinajstić information content (AvgIpc) is 2.79. The molecule has 0 bridgehead atoms. The Balaban J connectivity index is 1.67. The number of hydrogen-bond acceptors (Lipinski definition) is 5. The number of nitro groups is 1. The number of carbonyl (C=O) groups excluding carboxylic acids is 1. The fourth-order valence-electron chi connectivity index (χ4n) is 3.68. The van der Waals surface area contributed by atoms with Crippen LogP contribution in [0, 0.1) is 10.1 Å². The van der Waals surface area contributed by atoms with Crippen molar-refractivity contribution < 1.29 is 9.72 Å². The van der Waals surface area contributed by atoms with Gasteiger partial charge in [-0.25, -0.2) is 0 Å². The van der Waals surface area contributed by atoms with Crippen molar-refractivity contribution in [2.24, 2.45) is 0 Å². The molecule has 7 nitrogen and oxygen atoms in total. The minimum atomic E-state index is -0.484. The van der Waals surface area contributed by atoms with Gasteiger partial charge in [0.2, 0.25) is 0 Å². The Labute approximate surface area is 188 Å². The number of carbonyl (C=O) groups is 1. The highest BCUT2D eigenvalue weighted by Gasteiger charge is 2.23. The summed E-state index contributed by atoms with van der Waals surface area (Å²) in [6, 6.07) is 12.5. The van der Waals surface area contributed by atoms with E-state index < -0.39 is 10.8 Å². The minimum absolute atomic E-state index is 0.0611. The second kappa shape index (κ2) is 10.3. The highest BCUT2D eigenvalue weighted by Crippen LogP contribution is 2.31. The van der Waals surface area contributed by atoms with Gasteiger partial charge in [0, 0.05) is 30.4 Å². The Hall–Kier alpha value is -3.00. The van der Waals surface area contributed by atoms with Crippen LogP contribution in [0.1, 0.15) is 61.4 Å². The van der Waals surface area contributed by atoms with Crippen LogP contribution in [0.25, 0.3) is 0 Å². The third-order valence-electron chi connectivity index (χ3n) is 5.71. The SMILES string of the molecule is CCC(C)c1ccc(NC(=S)NC(=O)c2ccc(N3CCCCC3)c([N+](=O)[O-])c2)cc1. The third kappa shape index (κ3) is 5.79. The van der Waals surface area contributed by atoms with Crippen LogP contribution in [0.4, 0.5) is 17.1 Å². The largest absolute Gasteiger partial charge is 0.366 e. The number of thiocarbonyl (C=S) groups is 1. The number of nitrogens with one attached hydrogen (secondary N) is 2. The second-order valence-corrected chi connectivity index (χ2v) is 8.26. The number of benzene rings is 2. The highest BCUT2D eigenvalue weighted by molar-refractivity contribution is 7.80. The van der Waals surface area contributed by atoms with Crippen LogP contribution in [0.3, 0.4) is 0 Å². The summed E-state index contributed by atoms with van der Waals surface area (Å²) >= 11 is 5.25. The van der Waals surface area contributed by atoms with Gasteiger partial charge in [0.25, 0.3) is 11.6 Å². The summed E-state index contributed by atoms with van der Waals surface area (Å²) in [7, 11) is 0. The fourth-order valence-corrected chi connectivity index (χ4v) is 3.89. The zero-order chi connectivity index (χ0) is 22.4. The van der Waals surface area contributed by atoms with Crippen LogP contribution in [0.2, 0.25) is 0 Å². The molecule has 8 heteroatoms. The lowest BCUT2D eigenvalue weighted by molar-refractivity contribution is -0.384. The van der Waals surface area contributed by atoms with Crippen molar-refractivity contribution >= 4 is 40.3 Å². The molecule has 0 aromatic heterocycles. The standard InChI is InChI=1S/C23H28N4O3S/c1-3-16(2)17-7-10-19(11-8-17)24-23(31)25-22(28)18-9-12-20(21(15-18)27(29)30)26-13-5-4-6-14-26/h7-12,15-16H,3-6,13-14H2,1-2H3,(H2,24,25,28,31). The summed E-state index contributed by atoms with van der Waals surface area (Å²) in [5, 5.41) is 17.3. The molecule has 3 rings (SSSR count). The monoisotopic (exact) mass is 440 g/mol. The van der Waals surface area contributed by atoms with Crippen LogP contribution in [0.15, 0.2) is 42.5 Å². The lowest BCUT2D eigenvalue weighted by Gasteiger charge is -2.28. The summed E-state index contributed by atoms with van der Waals surface area (Å²) in [6.07, 6.45) is 4.22. The Morgan fingerprint density at radius 1 is 1.16 bits per heavy atom. The Morgan fingerprint density at radius 3 is 2.45 bits per heavy atom. The third-order valence-corrected chi connectivity index (χ3v) is 5.91. The first-order valence-corrected chi connectivity index (χ1v) is 11.1.